The Kier molecular flexibility index (Phi) is 2.56. The van der Waals surface area contributed by atoms with Gasteiger partial charge in [0, 0.05) is 22.7 Å². The Bertz CT molecular complexity index is 595. The number of hydrogen-bond donors (Lipinski definition) is 2. The van der Waals surface area contributed by atoms with Crippen LogP contribution in [0.3, 0.4) is 0 Å². The van der Waals surface area contributed by atoms with E-state index in [-0.39, 0.29) is 16.5 Å². The van der Waals surface area contributed by atoms with Crippen LogP contribution in [0, 0.1) is 11.3 Å². The van der Waals surface area contributed by atoms with Gasteiger partial charge in [0.05, 0.1) is 11.6 Å². The van der Waals surface area contributed by atoms with Gasteiger partial charge in [-0.15, -0.1) is 0 Å². The minimum Gasteiger partial charge on any atom is -0.379 e. The zero-order chi connectivity index (χ0) is 12.6. The van der Waals surface area contributed by atoms with Gasteiger partial charge in [-0.25, -0.2) is 0 Å². The minimum atomic E-state index is -4.72. The summed E-state index contributed by atoms with van der Waals surface area (Å²) in [5.74, 6) is 0. The van der Waals surface area contributed by atoms with Crippen LogP contribution in [-0.4, -0.2) is 16.3 Å². The summed E-state index contributed by atoms with van der Waals surface area (Å²) in [5, 5.41) is 18.1. The topological polar surface area (TPSA) is 59.8 Å². The minimum absolute atomic E-state index is 0.203. The molecule has 6 heteroatoms. The molecular formula is C11H7F3N2O. The highest BCUT2D eigenvalue weighted by atomic mass is 19.4. The van der Waals surface area contributed by atoms with Crippen LogP contribution in [0.1, 0.15) is 17.2 Å². The van der Waals surface area contributed by atoms with Crippen molar-refractivity contribution < 1.29 is 18.3 Å². The number of nitrogens with one attached hydrogen (secondary N) is 1. The fraction of sp³-hybridized carbons (Fsp3) is 0.182. The van der Waals surface area contributed by atoms with Gasteiger partial charge in [0.25, 0.3) is 0 Å². The molecule has 0 aliphatic rings. The van der Waals surface area contributed by atoms with Crippen molar-refractivity contribution in [3.63, 3.8) is 0 Å². The van der Waals surface area contributed by atoms with Crippen LogP contribution in [0.25, 0.3) is 10.9 Å². The van der Waals surface area contributed by atoms with E-state index in [9.17, 15) is 18.3 Å². The molecule has 0 spiro atoms. The summed E-state index contributed by atoms with van der Waals surface area (Å²) in [6, 6.07) is 6.14. The quantitative estimate of drug-likeness (QED) is 0.804. The molecule has 1 unspecified atom stereocenters. The number of aliphatic hydroxyl groups is 1. The summed E-state index contributed by atoms with van der Waals surface area (Å²) in [5.41, 5.74) is 0.416. The lowest BCUT2D eigenvalue weighted by atomic mass is 10.1. The first-order valence-corrected chi connectivity index (χ1v) is 4.69. The molecule has 0 aliphatic heterocycles. The van der Waals surface area contributed by atoms with Gasteiger partial charge in [-0.1, -0.05) is 0 Å². The maximum Gasteiger partial charge on any atom is 0.418 e. The summed E-state index contributed by atoms with van der Waals surface area (Å²) in [6.45, 7) is 0. The van der Waals surface area contributed by atoms with Crippen molar-refractivity contribution >= 4 is 10.9 Å². The number of alkyl halides is 3. The Morgan fingerprint density at radius 2 is 2.06 bits per heavy atom. The summed E-state index contributed by atoms with van der Waals surface area (Å²) in [6.07, 6.45) is -6.17. The van der Waals surface area contributed by atoms with Gasteiger partial charge >= 0.3 is 6.18 Å². The van der Waals surface area contributed by atoms with E-state index in [1.165, 1.54) is 18.2 Å². The maximum absolute atomic E-state index is 12.4. The standard InChI is InChI=1S/C11H7F3N2O/c12-11(13,14)10(17)8-5-16-9-2-1-6(4-15)3-7(8)9/h1-3,5,10,16-17H. The van der Waals surface area contributed by atoms with Gasteiger partial charge in [-0.2, -0.15) is 18.4 Å². The Morgan fingerprint density at radius 3 is 2.65 bits per heavy atom. The second kappa shape index (κ2) is 3.79. The summed E-state index contributed by atoms with van der Waals surface area (Å²) in [4.78, 5) is 2.62. The van der Waals surface area contributed by atoms with Crippen LogP contribution in [0.2, 0.25) is 0 Å². The third-order valence-electron chi connectivity index (χ3n) is 2.45. The smallest absolute Gasteiger partial charge is 0.379 e. The molecule has 0 bridgehead atoms. The number of fused-ring (bicyclic) bond motifs is 1. The molecule has 0 saturated heterocycles. The molecule has 0 fully saturated rings. The SMILES string of the molecule is N#Cc1ccc2[nH]cc(C(O)C(F)(F)F)c2c1. The highest BCUT2D eigenvalue weighted by Crippen LogP contribution is 2.36. The zero-order valence-corrected chi connectivity index (χ0v) is 8.42. The predicted octanol–water partition coefficient (Wildman–Crippen LogP) is 2.64. The van der Waals surface area contributed by atoms with E-state index >= 15 is 0 Å². The van der Waals surface area contributed by atoms with Crippen molar-refractivity contribution in [3.05, 3.63) is 35.5 Å². The van der Waals surface area contributed by atoms with Crippen molar-refractivity contribution in [1.29, 1.82) is 5.26 Å². The third-order valence-corrected chi connectivity index (χ3v) is 2.45. The molecule has 1 atom stereocenters. The van der Waals surface area contributed by atoms with Crippen LogP contribution in [-0.2, 0) is 0 Å². The maximum atomic E-state index is 12.4. The molecule has 0 aliphatic carbocycles. The van der Waals surface area contributed by atoms with Crippen molar-refractivity contribution in [3.8, 4) is 6.07 Å². The van der Waals surface area contributed by atoms with Crippen molar-refractivity contribution in [2.24, 2.45) is 0 Å². The number of aliphatic hydroxyl groups excluding tert-OH is 1. The number of aromatic amines is 1. The lowest BCUT2D eigenvalue weighted by molar-refractivity contribution is -0.206. The van der Waals surface area contributed by atoms with Crippen LogP contribution < -0.4 is 0 Å². The summed E-state index contributed by atoms with van der Waals surface area (Å²) < 4.78 is 37.2. The normalized spacial score (nSPS) is 13.6. The Hall–Kier alpha value is -2.00. The first kappa shape index (κ1) is 11.5. The number of benzene rings is 1. The second-order valence-corrected chi connectivity index (χ2v) is 3.56. The van der Waals surface area contributed by atoms with E-state index in [1.807, 2.05) is 6.07 Å². The molecule has 2 aromatic rings. The average molecular weight is 240 g/mol. The molecule has 17 heavy (non-hydrogen) atoms. The van der Waals surface area contributed by atoms with Crippen molar-refractivity contribution in [1.82, 2.24) is 4.98 Å². The molecule has 0 radical (unpaired) electrons. The molecule has 2 N–H and O–H groups in total. The fourth-order valence-electron chi connectivity index (χ4n) is 1.61. The van der Waals surface area contributed by atoms with Crippen LogP contribution in [0.15, 0.2) is 24.4 Å². The number of H-pyrrole nitrogens is 1. The molecule has 1 aromatic heterocycles. The van der Waals surface area contributed by atoms with Crippen LogP contribution in [0.5, 0.6) is 0 Å². The molecule has 1 heterocycles. The lowest BCUT2D eigenvalue weighted by Crippen LogP contribution is -2.19. The Balaban J connectivity index is 2.59. The van der Waals surface area contributed by atoms with Gasteiger partial charge in [-0.05, 0) is 18.2 Å². The number of aromatic nitrogens is 1. The number of hydrogen-bond acceptors (Lipinski definition) is 2. The van der Waals surface area contributed by atoms with E-state index in [0.717, 1.165) is 6.20 Å². The van der Waals surface area contributed by atoms with Crippen LogP contribution in [0.4, 0.5) is 13.2 Å². The largest absolute Gasteiger partial charge is 0.418 e. The van der Waals surface area contributed by atoms with Crippen molar-refractivity contribution in [2.75, 3.05) is 0 Å². The number of rotatable bonds is 1. The zero-order valence-electron chi connectivity index (χ0n) is 8.42. The van der Waals surface area contributed by atoms with Crippen molar-refractivity contribution in [2.45, 2.75) is 12.3 Å². The highest BCUT2D eigenvalue weighted by molar-refractivity contribution is 5.85. The molecule has 0 saturated carbocycles. The molecule has 2 rings (SSSR count). The van der Waals surface area contributed by atoms with Gasteiger partial charge in [-0.3, -0.25) is 0 Å². The van der Waals surface area contributed by atoms with Gasteiger partial charge < -0.3 is 10.1 Å². The van der Waals surface area contributed by atoms with Gasteiger partial charge in [0.15, 0.2) is 6.10 Å². The third kappa shape index (κ3) is 1.97. The molecular weight excluding hydrogens is 233 g/mol. The number of halogens is 3. The Labute approximate surface area is 94.1 Å². The van der Waals surface area contributed by atoms with E-state index in [2.05, 4.69) is 4.98 Å². The fourth-order valence-corrected chi connectivity index (χ4v) is 1.61. The lowest BCUT2D eigenvalue weighted by Gasteiger charge is -2.13. The number of nitriles is 1. The average Bonchev–Trinajstić information content (AvgIpc) is 2.69. The van der Waals surface area contributed by atoms with Gasteiger partial charge in [0.2, 0.25) is 0 Å². The first-order chi connectivity index (χ1) is 7.93. The second-order valence-electron chi connectivity index (χ2n) is 3.56. The summed E-state index contributed by atoms with van der Waals surface area (Å²) in [7, 11) is 0. The highest BCUT2D eigenvalue weighted by Gasteiger charge is 2.40. The van der Waals surface area contributed by atoms with E-state index < -0.39 is 12.3 Å². The summed E-state index contributed by atoms with van der Waals surface area (Å²) >= 11 is 0. The Morgan fingerprint density at radius 1 is 1.35 bits per heavy atom. The molecule has 1 aromatic carbocycles. The number of nitrogens with zero attached hydrogens (tertiary/aromatic N) is 1. The first-order valence-electron chi connectivity index (χ1n) is 4.69. The van der Waals surface area contributed by atoms with Crippen LogP contribution >= 0.6 is 0 Å². The molecule has 88 valence electrons. The predicted molar refractivity (Wildman–Crippen MR) is 54.0 cm³/mol. The molecule has 3 nitrogen and oxygen atoms in total. The molecule has 0 amide bonds. The van der Waals surface area contributed by atoms with E-state index in [0.29, 0.717) is 5.52 Å². The van der Waals surface area contributed by atoms with E-state index in [4.69, 9.17) is 5.26 Å². The monoisotopic (exact) mass is 240 g/mol. The van der Waals surface area contributed by atoms with E-state index in [1.54, 1.807) is 0 Å². The van der Waals surface area contributed by atoms with Gasteiger partial charge in [0.1, 0.15) is 0 Å².